The molecular formula is C31H36ClN2O2+. The number of pyridine rings is 2. The van der Waals surface area contributed by atoms with Crippen LogP contribution in [0.3, 0.4) is 0 Å². The highest BCUT2D eigenvalue weighted by Gasteiger charge is 2.07. The van der Waals surface area contributed by atoms with E-state index in [1.165, 1.54) is 17.5 Å². The van der Waals surface area contributed by atoms with E-state index in [1.54, 1.807) is 24.5 Å². The van der Waals surface area contributed by atoms with E-state index >= 15 is 0 Å². The molecule has 188 valence electrons. The summed E-state index contributed by atoms with van der Waals surface area (Å²) in [5.41, 5.74) is 3.94. The van der Waals surface area contributed by atoms with Crippen molar-refractivity contribution in [2.75, 3.05) is 6.38 Å². The third-order valence-corrected chi connectivity index (χ3v) is 5.27. The minimum absolute atomic E-state index is 0. The number of alkyl halides is 1. The van der Waals surface area contributed by atoms with Crippen LogP contribution in [-0.2, 0) is 19.9 Å². The molecule has 2 aromatic carbocycles. The van der Waals surface area contributed by atoms with Gasteiger partial charge in [0.05, 0.1) is 0 Å². The van der Waals surface area contributed by atoms with Crippen molar-refractivity contribution in [1.29, 1.82) is 0 Å². The number of aromatic nitrogens is 2. The molecule has 0 aliphatic rings. The van der Waals surface area contributed by atoms with Gasteiger partial charge in [0, 0.05) is 54.9 Å². The van der Waals surface area contributed by atoms with Crippen LogP contribution in [0, 0.1) is 0 Å². The second kappa shape index (κ2) is 17.8. The zero-order chi connectivity index (χ0) is 25.3. The number of aryl methyl sites for hydroxylation is 3. The van der Waals surface area contributed by atoms with Crippen LogP contribution in [0.1, 0.15) is 52.1 Å². The first kappa shape index (κ1) is 30.4. The standard InChI is InChI=1S/C15H16NO.C14H13NO.CH3Cl.CH4/c1-16-11-9-14(10-12-16)15(17)8-7-13-5-3-2-4-6-13;16-14(13-8-10-15-11-9-13)7-6-12-4-2-1-3-5-12;1-2;/h2-6,9-12H,7-8H2,1H3;1-5,8-11H,6-7H2;1H3;1H4/q+1;;;. The molecule has 4 aromatic rings. The predicted molar refractivity (Wildman–Crippen MR) is 149 cm³/mol. The Morgan fingerprint density at radius 1 is 0.667 bits per heavy atom. The third-order valence-electron chi connectivity index (χ3n) is 5.27. The number of ketones is 2. The smallest absolute Gasteiger partial charge is 0.169 e. The zero-order valence-electron chi connectivity index (χ0n) is 20.3. The molecule has 0 saturated carbocycles. The summed E-state index contributed by atoms with van der Waals surface area (Å²) in [6.07, 6.45) is 11.3. The maximum atomic E-state index is 11.9. The van der Waals surface area contributed by atoms with Gasteiger partial charge in [-0.05, 0) is 36.1 Å². The van der Waals surface area contributed by atoms with E-state index in [9.17, 15) is 9.59 Å². The van der Waals surface area contributed by atoms with Gasteiger partial charge in [-0.1, -0.05) is 68.1 Å². The molecule has 0 atom stereocenters. The first-order valence-corrected chi connectivity index (χ1v) is 12.2. The van der Waals surface area contributed by atoms with Crippen LogP contribution in [0.4, 0.5) is 0 Å². The summed E-state index contributed by atoms with van der Waals surface area (Å²) < 4.78 is 1.92. The summed E-state index contributed by atoms with van der Waals surface area (Å²) in [7, 11) is 1.94. The van der Waals surface area contributed by atoms with E-state index in [-0.39, 0.29) is 19.0 Å². The van der Waals surface area contributed by atoms with Crippen molar-refractivity contribution in [3.8, 4) is 0 Å². The van der Waals surface area contributed by atoms with Crippen molar-refractivity contribution in [3.05, 3.63) is 132 Å². The van der Waals surface area contributed by atoms with Crippen LogP contribution < -0.4 is 4.57 Å². The van der Waals surface area contributed by atoms with Crippen LogP contribution in [0.25, 0.3) is 0 Å². The Morgan fingerprint density at radius 3 is 1.47 bits per heavy atom. The van der Waals surface area contributed by atoms with Gasteiger partial charge in [-0.3, -0.25) is 14.6 Å². The number of carbonyl (C=O) groups excluding carboxylic acids is 2. The fourth-order valence-corrected chi connectivity index (χ4v) is 3.32. The second-order valence-electron chi connectivity index (χ2n) is 7.81. The van der Waals surface area contributed by atoms with Gasteiger partial charge >= 0.3 is 0 Å². The maximum Gasteiger partial charge on any atom is 0.169 e. The van der Waals surface area contributed by atoms with Gasteiger partial charge < -0.3 is 0 Å². The average molecular weight is 504 g/mol. The van der Waals surface area contributed by atoms with Crippen molar-refractivity contribution in [2.24, 2.45) is 7.05 Å². The SMILES string of the molecule is C.CCl.C[n+]1ccc(C(=O)CCc2ccccc2)cc1.O=C(CCc1ccccc1)c1ccncc1. The van der Waals surface area contributed by atoms with Crippen LogP contribution in [0.2, 0.25) is 0 Å². The number of carbonyl (C=O) groups is 2. The molecule has 2 aromatic heterocycles. The summed E-state index contributed by atoms with van der Waals surface area (Å²) in [5, 5.41) is 0. The molecule has 0 bridgehead atoms. The van der Waals surface area contributed by atoms with E-state index in [4.69, 9.17) is 0 Å². The second-order valence-corrected chi connectivity index (χ2v) is 7.81. The van der Waals surface area contributed by atoms with Gasteiger partial charge in [0.15, 0.2) is 24.0 Å². The predicted octanol–water partition coefficient (Wildman–Crippen LogP) is 6.71. The fourth-order valence-electron chi connectivity index (χ4n) is 3.32. The molecule has 0 aliphatic carbocycles. The fraction of sp³-hybridized carbons (Fsp3) is 0.226. The van der Waals surface area contributed by atoms with Crippen LogP contribution in [-0.4, -0.2) is 22.9 Å². The molecule has 2 heterocycles. The molecule has 0 aliphatic heterocycles. The van der Waals surface area contributed by atoms with Crippen molar-refractivity contribution >= 4 is 23.2 Å². The lowest BCUT2D eigenvalue weighted by molar-refractivity contribution is -0.671. The molecule has 0 fully saturated rings. The summed E-state index contributed by atoms with van der Waals surface area (Å²) in [6.45, 7) is 0. The Labute approximate surface area is 220 Å². The number of rotatable bonds is 8. The van der Waals surface area contributed by atoms with Gasteiger partial charge in [0.1, 0.15) is 7.05 Å². The molecule has 0 saturated heterocycles. The van der Waals surface area contributed by atoms with E-state index in [1.807, 2.05) is 84.7 Å². The van der Waals surface area contributed by atoms with Crippen LogP contribution in [0.5, 0.6) is 0 Å². The highest BCUT2D eigenvalue weighted by Crippen LogP contribution is 2.08. The molecule has 4 rings (SSSR count). The Bertz CT molecular complexity index is 1130. The Balaban J connectivity index is 0.000000329. The summed E-state index contributed by atoms with van der Waals surface area (Å²) in [6, 6.07) is 27.4. The highest BCUT2D eigenvalue weighted by atomic mass is 35.5. The van der Waals surface area contributed by atoms with E-state index < -0.39 is 0 Å². The molecule has 4 nitrogen and oxygen atoms in total. The Morgan fingerprint density at radius 2 is 1.06 bits per heavy atom. The first-order chi connectivity index (χ1) is 17.1. The molecule has 0 amide bonds. The quantitative estimate of drug-likeness (QED) is 0.152. The molecular weight excluding hydrogens is 468 g/mol. The molecule has 0 unspecified atom stereocenters. The van der Waals surface area contributed by atoms with E-state index in [0.29, 0.717) is 12.8 Å². The number of nitrogens with zero attached hydrogens (tertiary/aromatic N) is 2. The lowest BCUT2D eigenvalue weighted by Gasteiger charge is -2.01. The van der Waals surface area contributed by atoms with E-state index in [0.717, 1.165) is 24.0 Å². The number of benzene rings is 2. The van der Waals surface area contributed by atoms with Gasteiger partial charge in [-0.25, -0.2) is 4.57 Å². The van der Waals surface area contributed by atoms with E-state index in [2.05, 4.69) is 28.7 Å². The number of Topliss-reactive ketones (excluding diaryl/α,β-unsaturated/α-hetero) is 2. The lowest BCUT2D eigenvalue weighted by Crippen LogP contribution is -2.26. The molecule has 0 spiro atoms. The number of hydrogen-bond acceptors (Lipinski definition) is 3. The van der Waals surface area contributed by atoms with Gasteiger partial charge in [-0.2, -0.15) is 0 Å². The van der Waals surface area contributed by atoms with Gasteiger partial charge in [0.2, 0.25) is 0 Å². The van der Waals surface area contributed by atoms with Crippen molar-refractivity contribution in [2.45, 2.75) is 33.1 Å². The number of hydrogen-bond donors (Lipinski definition) is 0. The zero-order valence-corrected chi connectivity index (χ0v) is 21.1. The number of halogens is 1. The van der Waals surface area contributed by atoms with Crippen LogP contribution in [0.15, 0.2) is 110 Å². The topological polar surface area (TPSA) is 50.9 Å². The summed E-state index contributed by atoms with van der Waals surface area (Å²) >= 11 is 4.64. The summed E-state index contributed by atoms with van der Waals surface area (Å²) in [4.78, 5) is 27.6. The van der Waals surface area contributed by atoms with Crippen molar-refractivity contribution in [1.82, 2.24) is 4.98 Å². The summed E-state index contributed by atoms with van der Waals surface area (Å²) in [5.74, 6) is 0.376. The molecule has 0 radical (unpaired) electrons. The van der Waals surface area contributed by atoms with Crippen molar-refractivity contribution in [3.63, 3.8) is 0 Å². The minimum Gasteiger partial charge on any atom is -0.294 e. The normalized spacial score (nSPS) is 9.42. The van der Waals surface area contributed by atoms with Crippen molar-refractivity contribution < 1.29 is 14.2 Å². The monoisotopic (exact) mass is 503 g/mol. The van der Waals surface area contributed by atoms with Gasteiger partial charge in [-0.15, -0.1) is 11.6 Å². The average Bonchev–Trinajstić information content (AvgIpc) is 2.94. The van der Waals surface area contributed by atoms with Gasteiger partial charge in [0.25, 0.3) is 0 Å². The van der Waals surface area contributed by atoms with Crippen LogP contribution >= 0.6 is 11.6 Å². The Kier molecular flexibility index (Phi) is 15.0. The lowest BCUT2D eigenvalue weighted by atomic mass is 10.0. The minimum atomic E-state index is 0. The molecule has 36 heavy (non-hydrogen) atoms. The largest absolute Gasteiger partial charge is 0.294 e. The highest BCUT2D eigenvalue weighted by molar-refractivity contribution is 6.15. The first-order valence-electron chi connectivity index (χ1n) is 11.5. The molecule has 0 N–H and O–H groups in total. The molecule has 5 heteroatoms. The third kappa shape index (κ3) is 11.2. The maximum absolute atomic E-state index is 11.9. The Hall–Kier alpha value is -3.63.